The normalized spacial score (nSPS) is 10.9. The number of fused-ring (bicyclic) bond motifs is 1. The summed E-state index contributed by atoms with van der Waals surface area (Å²) in [4.78, 5) is 12.0. The summed E-state index contributed by atoms with van der Waals surface area (Å²) in [7, 11) is 0. The Morgan fingerprint density at radius 3 is 2.45 bits per heavy atom. The van der Waals surface area contributed by atoms with Crippen molar-refractivity contribution in [2.75, 3.05) is 5.32 Å². The van der Waals surface area contributed by atoms with Crippen molar-refractivity contribution in [2.45, 2.75) is 13.5 Å². The van der Waals surface area contributed by atoms with Crippen molar-refractivity contribution < 1.29 is 9.53 Å². The van der Waals surface area contributed by atoms with E-state index in [1.807, 2.05) is 67.6 Å². The molecule has 154 valence electrons. The molecule has 0 saturated carbocycles. The maximum atomic E-state index is 12.0. The van der Waals surface area contributed by atoms with Gasteiger partial charge in [-0.25, -0.2) is 10.2 Å². The van der Waals surface area contributed by atoms with Crippen LogP contribution in [0.25, 0.3) is 10.8 Å². The van der Waals surface area contributed by atoms with E-state index >= 15 is 0 Å². The first kappa shape index (κ1) is 20.2. The van der Waals surface area contributed by atoms with Crippen molar-refractivity contribution >= 4 is 28.7 Å². The molecule has 0 aromatic heterocycles. The van der Waals surface area contributed by atoms with Crippen molar-refractivity contribution in [3.05, 3.63) is 108 Å². The molecule has 0 unspecified atom stereocenters. The highest BCUT2D eigenvalue weighted by atomic mass is 16.5. The predicted molar refractivity (Wildman–Crippen MR) is 126 cm³/mol. The first-order valence-electron chi connectivity index (χ1n) is 10.0. The fourth-order valence-electron chi connectivity index (χ4n) is 3.17. The smallest absolute Gasteiger partial charge is 0.339 e. The molecule has 0 spiro atoms. The number of nitrogens with zero attached hydrogens (tertiary/aromatic N) is 1. The standard InChI is InChI=1S/C26H23N3O2/c1-19-6-2-5-9-25(19)28-26(30)29-27-17-20-11-14-24(15-12-20)31-18-21-10-13-22-7-3-4-8-23(22)16-21/h2-17H,18H2,1H3,(H2,28,29,30). The maximum absolute atomic E-state index is 12.0. The lowest BCUT2D eigenvalue weighted by atomic mass is 10.1. The Kier molecular flexibility index (Phi) is 6.24. The number of ether oxygens (including phenoxy) is 1. The van der Waals surface area contributed by atoms with Crippen LogP contribution >= 0.6 is 0 Å². The van der Waals surface area contributed by atoms with Gasteiger partial charge in [0.05, 0.1) is 6.21 Å². The summed E-state index contributed by atoms with van der Waals surface area (Å²) < 4.78 is 5.89. The van der Waals surface area contributed by atoms with Crippen LogP contribution in [-0.2, 0) is 6.61 Å². The van der Waals surface area contributed by atoms with Gasteiger partial charge in [-0.05, 0) is 70.8 Å². The van der Waals surface area contributed by atoms with Crippen LogP contribution in [0.4, 0.5) is 10.5 Å². The third-order valence-corrected chi connectivity index (χ3v) is 4.87. The number of carbonyl (C=O) groups is 1. The summed E-state index contributed by atoms with van der Waals surface area (Å²) in [6.45, 7) is 2.43. The van der Waals surface area contributed by atoms with E-state index in [4.69, 9.17) is 4.74 Å². The molecule has 4 aromatic rings. The molecule has 0 heterocycles. The molecule has 0 saturated heterocycles. The van der Waals surface area contributed by atoms with Gasteiger partial charge in [0.1, 0.15) is 12.4 Å². The van der Waals surface area contributed by atoms with Crippen LogP contribution in [0.5, 0.6) is 5.75 Å². The molecule has 0 aliphatic carbocycles. The monoisotopic (exact) mass is 409 g/mol. The van der Waals surface area contributed by atoms with Crippen LogP contribution in [0.15, 0.2) is 96.1 Å². The first-order chi connectivity index (χ1) is 15.2. The van der Waals surface area contributed by atoms with E-state index < -0.39 is 0 Å². The Morgan fingerprint density at radius 2 is 1.65 bits per heavy atom. The Labute approximate surface area is 181 Å². The number of para-hydroxylation sites is 1. The Balaban J connectivity index is 1.28. The lowest BCUT2D eigenvalue weighted by molar-refractivity contribution is 0.252. The van der Waals surface area contributed by atoms with E-state index in [1.54, 1.807) is 6.21 Å². The number of hydrazone groups is 1. The highest BCUT2D eigenvalue weighted by Crippen LogP contribution is 2.18. The van der Waals surface area contributed by atoms with Gasteiger partial charge in [-0.15, -0.1) is 0 Å². The molecule has 5 nitrogen and oxygen atoms in total. The van der Waals surface area contributed by atoms with Crippen molar-refractivity contribution in [1.29, 1.82) is 0 Å². The maximum Gasteiger partial charge on any atom is 0.339 e. The van der Waals surface area contributed by atoms with Gasteiger partial charge in [0.2, 0.25) is 0 Å². The average molecular weight is 409 g/mol. The van der Waals surface area contributed by atoms with Crippen LogP contribution in [-0.4, -0.2) is 12.2 Å². The minimum absolute atomic E-state index is 0.388. The van der Waals surface area contributed by atoms with Crippen LogP contribution in [0.1, 0.15) is 16.7 Å². The highest BCUT2D eigenvalue weighted by molar-refractivity contribution is 5.91. The minimum Gasteiger partial charge on any atom is -0.489 e. The zero-order valence-corrected chi connectivity index (χ0v) is 17.2. The molecule has 4 aromatic carbocycles. The van der Waals surface area contributed by atoms with E-state index in [2.05, 4.69) is 46.2 Å². The van der Waals surface area contributed by atoms with Crippen LogP contribution in [0.3, 0.4) is 0 Å². The van der Waals surface area contributed by atoms with E-state index in [-0.39, 0.29) is 6.03 Å². The highest BCUT2D eigenvalue weighted by Gasteiger charge is 2.02. The zero-order valence-electron chi connectivity index (χ0n) is 17.2. The summed E-state index contributed by atoms with van der Waals surface area (Å²) >= 11 is 0. The topological polar surface area (TPSA) is 62.7 Å². The third kappa shape index (κ3) is 5.48. The molecule has 0 radical (unpaired) electrons. The van der Waals surface area contributed by atoms with E-state index in [1.165, 1.54) is 10.8 Å². The van der Waals surface area contributed by atoms with Crippen molar-refractivity contribution in [3.63, 3.8) is 0 Å². The van der Waals surface area contributed by atoms with Crippen molar-refractivity contribution in [2.24, 2.45) is 5.10 Å². The molecule has 0 aliphatic heterocycles. The second-order valence-electron chi connectivity index (χ2n) is 7.18. The molecule has 2 amide bonds. The predicted octanol–water partition coefficient (Wildman–Crippen LogP) is 5.88. The van der Waals surface area contributed by atoms with Crippen LogP contribution < -0.4 is 15.5 Å². The van der Waals surface area contributed by atoms with Gasteiger partial charge in [0, 0.05) is 5.69 Å². The van der Waals surface area contributed by atoms with Gasteiger partial charge >= 0.3 is 6.03 Å². The average Bonchev–Trinajstić information content (AvgIpc) is 2.80. The van der Waals surface area contributed by atoms with Gasteiger partial charge in [-0.2, -0.15) is 5.10 Å². The van der Waals surface area contributed by atoms with Crippen LogP contribution in [0.2, 0.25) is 0 Å². The molecule has 5 heteroatoms. The molecule has 0 aliphatic rings. The molecule has 4 rings (SSSR count). The fourth-order valence-corrected chi connectivity index (χ4v) is 3.17. The Hall–Kier alpha value is -4.12. The van der Waals surface area contributed by atoms with Crippen molar-refractivity contribution in [3.8, 4) is 5.75 Å². The second kappa shape index (κ2) is 9.59. The van der Waals surface area contributed by atoms with E-state index in [0.717, 1.165) is 28.1 Å². The summed E-state index contributed by atoms with van der Waals surface area (Å²) in [5.41, 5.74) is 6.19. The summed E-state index contributed by atoms with van der Waals surface area (Å²) in [5.74, 6) is 0.774. The number of carbonyl (C=O) groups excluding carboxylic acids is 1. The number of aryl methyl sites for hydroxylation is 1. The number of anilines is 1. The van der Waals surface area contributed by atoms with E-state index in [0.29, 0.717) is 6.61 Å². The summed E-state index contributed by atoms with van der Waals surface area (Å²) in [5, 5.41) is 9.18. The third-order valence-electron chi connectivity index (χ3n) is 4.87. The molecule has 2 N–H and O–H groups in total. The zero-order chi connectivity index (χ0) is 21.5. The number of hydrogen-bond donors (Lipinski definition) is 2. The molecular weight excluding hydrogens is 386 g/mol. The van der Waals surface area contributed by atoms with Gasteiger partial charge in [-0.3, -0.25) is 0 Å². The quantitative estimate of drug-likeness (QED) is 0.308. The Morgan fingerprint density at radius 1 is 0.903 bits per heavy atom. The van der Waals surface area contributed by atoms with Gasteiger partial charge in [0.15, 0.2) is 0 Å². The summed E-state index contributed by atoms with van der Waals surface area (Å²) in [6.07, 6.45) is 1.59. The number of amides is 2. The number of urea groups is 1. The molecular formula is C26H23N3O2. The first-order valence-corrected chi connectivity index (χ1v) is 10.0. The second-order valence-corrected chi connectivity index (χ2v) is 7.18. The SMILES string of the molecule is Cc1ccccc1NC(=O)NN=Cc1ccc(OCc2ccc3ccccc3c2)cc1. The number of benzene rings is 4. The minimum atomic E-state index is -0.388. The van der Waals surface area contributed by atoms with Crippen LogP contribution in [0, 0.1) is 6.92 Å². The molecule has 0 bridgehead atoms. The van der Waals surface area contributed by atoms with Gasteiger partial charge in [-0.1, -0.05) is 54.6 Å². The van der Waals surface area contributed by atoms with E-state index in [9.17, 15) is 4.79 Å². The molecule has 0 fully saturated rings. The number of nitrogens with one attached hydrogen (secondary N) is 2. The van der Waals surface area contributed by atoms with Gasteiger partial charge in [0.25, 0.3) is 0 Å². The van der Waals surface area contributed by atoms with Crippen molar-refractivity contribution in [1.82, 2.24) is 5.43 Å². The number of rotatable bonds is 6. The fraction of sp³-hybridized carbons (Fsp3) is 0.0769. The lowest BCUT2D eigenvalue weighted by Gasteiger charge is -2.08. The Bertz CT molecular complexity index is 1220. The lowest BCUT2D eigenvalue weighted by Crippen LogP contribution is -2.24. The number of hydrogen-bond acceptors (Lipinski definition) is 3. The summed E-state index contributed by atoms with van der Waals surface area (Å²) in [6, 6.07) is 29.3. The van der Waals surface area contributed by atoms with Gasteiger partial charge < -0.3 is 10.1 Å². The largest absolute Gasteiger partial charge is 0.489 e. The molecule has 31 heavy (non-hydrogen) atoms. The molecule has 0 atom stereocenters.